The Morgan fingerprint density at radius 2 is 1.44 bits per heavy atom. The van der Waals surface area contributed by atoms with E-state index in [1.54, 1.807) is 14.2 Å². The molecule has 0 saturated heterocycles. The number of carbonyl (C=O) groups excluding carboxylic acids is 1. The molecule has 3 nitrogen and oxygen atoms in total. The van der Waals surface area contributed by atoms with Crippen LogP contribution >= 0.6 is 0 Å². The molecular formula is C6H14O3. The normalized spacial score (nSPS) is 7.56. The van der Waals surface area contributed by atoms with E-state index < -0.39 is 0 Å². The molecule has 3 heteroatoms. The highest BCUT2D eigenvalue weighted by Crippen LogP contribution is 1.60. The fourth-order valence-electron chi connectivity index (χ4n) is 0.118. The highest BCUT2D eigenvalue weighted by atomic mass is 16.6. The average molecular weight is 134 g/mol. The van der Waals surface area contributed by atoms with Gasteiger partial charge in [-0.1, -0.05) is 0 Å². The number of ketones is 1. The van der Waals surface area contributed by atoms with Crippen LogP contribution in [0.5, 0.6) is 0 Å². The van der Waals surface area contributed by atoms with Crippen molar-refractivity contribution in [2.24, 2.45) is 0 Å². The predicted molar refractivity (Wildman–Crippen MR) is 35.2 cm³/mol. The highest BCUT2D eigenvalue weighted by molar-refractivity contribution is 5.72. The zero-order valence-corrected chi connectivity index (χ0v) is 6.43. The lowest BCUT2D eigenvalue weighted by Gasteiger charge is -1.87. The molecule has 0 aliphatic carbocycles. The van der Waals surface area contributed by atoms with Crippen molar-refractivity contribution in [3.63, 3.8) is 0 Å². The largest absolute Gasteiger partial charge is 0.359 e. The molecule has 9 heavy (non-hydrogen) atoms. The van der Waals surface area contributed by atoms with Crippen LogP contribution in [0.25, 0.3) is 0 Å². The fourth-order valence-corrected chi connectivity index (χ4v) is 0.118. The molecule has 0 radical (unpaired) electrons. The first-order chi connectivity index (χ1) is 4.15. The molecule has 56 valence electrons. The summed E-state index contributed by atoms with van der Waals surface area (Å²) in [7, 11) is 3.17. The molecule has 0 rings (SSSR count). The summed E-state index contributed by atoms with van der Waals surface area (Å²) in [4.78, 5) is 9.44. The first-order valence-corrected chi connectivity index (χ1v) is 2.60. The molecule has 0 aromatic carbocycles. The Hall–Kier alpha value is -0.410. The smallest absolute Gasteiger partial charge is 0.145 e. The Labute approximate surface area is 56.0 Å². The molecule has 0 spiro atoms. The van der Waals surface area contributed by atoms with Crippen LogP contribution in [0.4, 0.5) is 0 Å². The van der Waals surface area contributed by atoms with Gasteiger partial charge in [0.1, 0.15) is 12.6 Å². The Balaban J connectivity index is 0. The minimum Gasteiger partial charge on any atom is -0.359 e. The zero-order chi connectivity index (χ0) is 7.70. The van der Waals surface area contributed by atoms with Gasteiger partial charge in [-0.2, -0.15) is 0 Å². The topological polar surface area (TPSA) is 35.5 Å². The molecule has 0 unspecified atom stereocenters. The van der Waals surface area contributed by atoms with E-state index in [9.17, 15) is 4.79 Å². The van der Waals surface area contributed by atoms with Crippen LogP contribution in [0.15, 0.2) is 0 Å². The summed E-state index contributed by atoms with van der Waals surface area (Å²) in [5.41, 5.74) is 0. The highest BCUT2D eigenvalue weighted by Gasteiger charge is 1.63. The number of hydrogen-bond acceptors (Lipinski definition) is 3. The van der Waals surface area contributed by atoms with E-state index in [1.165, 1.54) is 13.8 Å². The van der Waals surface area contributed by atoms with E-state index >= 15 is 0 Å². The quantitative estimate of drug-likeness (QED) is 0.525. The van der Waals surface area contributed by atoms with Gasteiger partial charge in [-0.15, -0.1) is 0 Å². The summed E-state index contributed by atoms with van der Waals surface area (Å²) in [5.74, 6) is 0.167. The van der Waals surface area contributed by atoms with Crippen molar-refractivity contribution in [2.45, 2.75) is 13.8 Å². The molecule has 0 bridgehead atoms. The van der Waals surface area contributed by atoms with Gasteiger partial charge in [0.15, 0.2) is 0 Å². The van der Waals surface area contributed by atoms with Crippen LogP contribution in [0.1, 0.15) is 13.8 Å². The van der Waals surface area contributed by atoms with E-state index in [1.807, 2.05) is 0 Å². The number of hydrogen-bond donors (Lipinski definition) is 0. The predicted octanol–water partition coefficient (Wildman–Crippen LogP) is 0.832. The average Bonchev–Trinajstić information content (AvgIpc) is 1.66. The fraction of sp³-hybridized carbons (Fsp3) is 0.833. The van der Waals surface area contributed by atoms with Gasteiger partial charge in [-0.25, -0.2) is 0 Å². The summed E-state index contributed by atoms with van der Waals surface area (Å²) in [6.07, 6.45) is 0. The molecule has 0 aliphatic rings. The second-order valence-corrected chi connectivity index (χ2v) is 1.60. The van der Waals surface area contributed by atoms with Crippen molar-refractivity contribution in [1.82, 2.24) is 0 Å². The second kappa shape index (κ2) is 10.5. The van der Waals surface area contributed by atoms with Crippen LogP contribution in [0, 0.1) is 0 Å². The molecule has 0 aromatic rings. The van der Waals surface area contributed by atoms with Gasteiger partial charge in [-0.05, 0) is 13.8 Å². The third-order valence-corrected chi connectivity index (χ3v) is 0.236. The number of methoxy groups -OCH3 is 2. The number of Topliss-reactive ketones (excluding diaryl/α,β-unsaturated/α-hetero) is 1. The van der Waals surface area contributed by atoms with Crippen molar-refractivity contribution < 1.29 is 14.3 Å². The van der Waals surface area contributed by atoms with Crippen LogP contribution in [0.2, 0.25) is 0 Å². The monoisotopic (exact) mass is 134 g/mol. The zero-order valence-electron chi connectivity index (χ0n) is 6.43. The van der Waals surface area contributed by atoms with Gasteiger partial charge in [0.05, 0.1) is 0 Å². The Morgan fingerprint density at radius 3 is 1.44 bits per heavy atom. The van der Waals surface area contributed by atoms with Gasteiger partial charge in [0, 0.05) is 14.2 Å². The minimum atomic E-state index is 0.167. The number of ether oxygens (including phenoxy) is 2. The summed E-state index contributed by atoms with van der Waals surface area (Å²) >= 11 is 0. The first-order valence-electron chi connectivity index (χ1n) is 2.60. The van der Waals surface area contributed by atoms with Gasteiger partial charge in [0.25, 0.3) is 0 Å². The lowest BCUT2D eigenvalue weighted by molar-refractivity contribution is -0.114. The number of carbonyl (C=O) groups is 1. The standard InChI is InChI=1S/C3H8O2.C3H6O/c1-4-3-5-2;1-3(2)4/h3H2,1-2H3;1-2H3. The molecule has 0 aliphatic heterocycles. The third-order valence-electron chi connectivity index (χ3n) is 0.236. The van der Waals surface area contributed by atoms with Crippen molar-refractivity contribution in [3.05, 3.63) is 0 Å². The van der Waals surface area contributed by atoms with Gasteiger partial charge >= 0.3 is 0 Å². The maximum Gasteiger partial charge on any atom is 0.145 e. The van der Waals surface area contributed by atoms with Crippen molar-refractivity contribution >= 4 is 5.78 Å². The molecule has 0 heterocycles. The van der Waals surface area contributed by atoms with Crippen LogP contribution < -0.4 is 0 Å². The molecular weight excluding hydrogens is 120 g/mol. The molecule has 0 fully saturated rings. The molecule has 0 amide bonds. The summed E-state index contributed by atoms with van der Waals surface area (Å²) < 4.78 is 8.94. The second-order valence-electron chi connectivity index (χ2n) is 1.60. The van der Waals surface area contributed by atoms with Gasteiger partial charge < -0.3 is 14.3 Å². The van der Waals surface area contributed by atoms with E-state index in [4.69, 9.17) is 0 Å². The van der Waals surface area contributed by atoms with Gasteiger partial charge in [-0.3, -0.25) is 0 Å². The maximum atomic E-state index is 9.44. The van der Waals surface area contributed by atoms with Crippen LogP contribution in [0.3, 0.4) is 0 Å². The van der Waals surface area contributed by atoms with E-state index in [0.717, 1.165) is 0 Å². The molecule has 0 aromatic heterocycles. The van der Waals surface area contributed by atoms with E-state index in [-0.39, 0.29) is 5.78 Å². The van der Waals surface area contributed by atoms with Crippen molar-refractivity contribution in [1.29, 1.82) is 0 Å². The lowest BCUT2D eigenvalue weighted by atomic mass is 10.6. The molecule has 0 atom stereocenters. The van der Waals surface area contributed by atoms with Crippen LogP contribution in [-0.2, 0) is 14.3 Å². The van der Waals surface area contributed by atoms with Crippen LogP contribution in [-0.4, -0.2) is 26.8 Å². The molecule has 0 saturated carbocycles. The first kappa shape index (κ1) is 11.4. The third kappa shape index (κ3) is 93.8. The van der Waals surface area contributed by atoms with E-state index in [0.29, 0.717) is 6.79 Å². The maximum absolute atomic E-state index is 9.44. The Morgan fingerprint density at radius 1 is 1.22 bits per heavy atom. The summed E-state index contributed by atoms with van der Waals surface area (Å²) in [6, 6.07) is 0. The number of rotatable bonds is 2. The SMILES string of the molecule is CC(C)=O.COCOC. The Bertz CT molecular complexity index is 55.3. The van der Waals surface area contributed by atoms with Crippen molar-refractivity contribution in [2.75, 3.05) is 21.0 Å². The summed E-state index contributed by atoms with van der Waals surface area (Å²) in [6.45, 7) is 3.44. The van der Waals surface area contributed by atoms with Crippen molar-refractivity contribution in [3.8, 4) is 0 Å². The van der Waals surface area contributed by atoms with Gasteiger partial charge in [0.2, 0.25) is 0 Å². The Kier molecular flexibility index (Phi) is 13.4. The lowest BCUT2D eigenvalue weighted by Crippen LogP contribution is -1.87. The minimum absolute atomic E-state index is 0.167. The summed E-state index contributed by atoms with van der Waals surface area (Å²) in [5, 5.41) is 0. The molecule has 0 N–H and O–H groups in total. The van der Waals surface area contributed by atoms with E-state index in [2.05, 4.69) is 9.47 Å².